The van der Waals surface area contributed by atoms with Crippen molar-refractivity contribution in [3.05, 3.63) is 60.2 Å². The summed E-state index contributed by atoms with van der Waals surface area (Å²) in [6.45, 7) is 1.17. The molecule has 0 amide bonds. The van der Waals surface area contributed by atoms with Gasteiger partial charge in [0.15, 0.2) is 0 Å². The van der Waals surface area contributed by atoms with Crippen LogP contribution >= 0.6 is 0 Å². The van der Waals surface area contributed by atoms with Gasteiger partial charge >= 0.3 is 0 Å². The number of hydrogen-bond acceptors (Lipinski definition) is 5. The molecule has 0 spiro atoms. The van der Waals surface area contributed by atoms with E-state index >= 15 is 0 Å². The summed E-state index contributed by atoms with van der Waals surface area (Å²) in [4.78, 5) is 8.96. The summed E-state index contributed by atoms with van der Waals surface area (Å²) >= 11 is 0. The fourth-order valence-corrected chi connectivity index (χ4v) is 2.24. The normalized spacial score (nSPS) is 10.1. The Morgan fingerprint density at radius 2 is 1.61 bits per heavy atom. The standard InChI is InChI=1S/C17H18N4O.ClH/c22-11-10-18-17-20-15-9-5-4-8-14(15)16(21-17)19-12-13-6-2-1-3-7-13;/h1-9,22H,10-12H2,(H2,18,19,20,21);1H/p-1. The summed E-state index contributed by atoms with van der Waals surface area (Å²) in [7, 11) is 0. The first kappa shape index (κ1) is 17.0. The van der Waals surface area contributed by atoms with E-state index in [0.717, 1.165) is 16.7 Å². The average molecular weight is 330 g/mol. The van der Waals surface area contributed by atoms with Crippen LogP contribution in [0.15, 0.2) is 54.6 Å². The predicted octanol–water partition coefficient (Wildman–Crippen LogP) is -0.350. The van der Waals surface area contributed by atoms with Crippen LogP contribution in [0.2, 0.25) is 0 Å². The van der Waals surface area contributed by atoms with Crippen molar-refractivity contribution >= 4 is 22.7 Å². The van der Waals surface area contributed by atoms with E-state index in [1.807, 2.05) is 42.5 Å². The van der Waals surface area contributed by atoms with Crippen molar-refractivity contribution in [2.24, 2.45) is 0 Å². The number of anilines is 2. The van der Waals surface area contributed by atoms with E-state index in [1.54, 1.807) is 0 Å². The van der Waals surface area contributed by atoms with Gasteiger partial charge < -0.3 is 28.1 Å². The highest BCUT2D eigenvalue weighted by Crippen LogP contribution is 2.22. The molecule has 3 N–H and O–H groups in total. The fraction of sp³-hybridized carbons (Fsp3) is 0.176. The largest absolute Gasteiger partial charge is 1.00 e. The molecule has 3 rings (SSSR count). The molecule has 1 aromatic heterocycles. The summed E-state index contributed by atoms with van der Waals surface area (Å²) in [5.74, 6) is 1.30. The van der Waals surface area contributed by atoms with Crippen molar-refractivity contribution in [1.82, 2.24) is 9.97 Å². The number of benzene rings is 2. The number of hydrogen-bond donors (Lipinski definition) is 3. The minimum Gasteiger partial charge on any atom is -1.00 e. The van der Waals surface area contributed by atoms with Gasteiger partial charge in [-0.15, -0.1) is 0 Å². The van der Waals surface area contributed by atoms with Crippen LogP contribution in [-0.4, -0.2) is 28.2 Å². The molecule has 3 aromatic rings. The summed E-state index contributed by atoms with van der Waals surface area (Å²) in [6, 6.07) is 18.1. The van der Waals surface area contributed by atoms with Crippen molar-refractivity contribution in [3.63, 3.8) is 0 Å². The number of nitrogens with one attached hydrogen (secondary N) is 2. The first-order valence-electron chi connectivity index (χ1n) is 7.26. The molecule has 0 saturated heterocycles. The fourth-order valence-electron chi connectivity index (χ4n) is 2.24. The van der Waals surface area contributed by atoms with E-state index in [9.17, 15) is 0 Å². The molecule has 120 valence electrons. The Balaban J connectivity index is 0.00000192. The lowest BCUT2D eigenvalue weighted by Gasteiger charge is -2.11. The number of rotatable bonds is 6. The van der Waals surface area contributed by atoms with Gasteiger partial charge in [-0.3, -0.25) is 0 Å². The zero-order valence-electron chi connectivity index (χ0n) is 12.5. The van der Waals surface area contributed by atoms with E-state index in [1.165, 1.54) is 5.56 Å². The molecule has 23 heavy (non-hydrogen) atoms. The van der Waals surface area contributed by atoms with Crippen LogP contribution in [0.4, 0.5) is 11.8 Å². The Bertz CT molecular complexity index is 752. The van der Waals surface area contributed by atoms with Gasteiger partial charge in [0.2, 0.25) is 5.95 Å². The number of halogens is 1. The van der Waals surface area contributed by atoms with E-state index in [4.69, 9.17) is 5.11 Å². The van der Waals surface area contributed by atoms with Gasteiger partial charge in [0.25, 0.3) is 0 Å². The number of aliphatic hydroxyl groups is 1. The number of nitrogens with zero attached hydrogens (tertiary/aromatic N) is 2. The zero-order valence-corrected chi connectivity index (χ0v) is 13.3. The average Bonchev–Trinajstić information content (AvgIpc) is 2.58. The lowest BCUT2D eigenvalue weighted by Crippen LogP contribution is -3.00. The van der Waals surface area contributed by atoms with Gasteiger partial charge in [-0.2, -0.15) is 4.98 Å². The van der Waals surface area contributed by atoms with E-state index < -0.39 is 0 Å². The van der Waals surface area contributed by atoms with Crippen LogP contribution in [0.5, 0.6) is 0 Å². The number of aliphatic hydroxyl groups excluding tert-OH is 1. The predicted molar refractivity (Wildman–Crippen MR) is 88.9 cm³/mol. The summed E-state index contributed by atoms with van der Waals surface area (Å²) < 4.78 is 0. The zero-order chi connectivity index (χ0) is 15.2. The minimum absolute atomic E-state index is 0. The number of aromatic nitrogens is 2. The van der Waals surface area contributed by atoms with Crippen molar-refractivity contribution < 1.29 is 17.5 Å². The van der Waals surface area contributed by atoms with Gasteiger partial charge in [0.05, 0.1) is 12.1 Å². The van der Waals surface area contributed by atoms with Gasteiger partial charge in [-0.1, -0.05) is 42.5 Å². The highest BCUT2D eigenvalue weighted by atomic mass is 35.5. The monoisotopic (exact) mass is 329 g/mol. The van der Waals surface area contributed by atoms with Crippen LogP contribution in [0.1, 0.15) is 5.56 Å². The van der Waals surface area contributed by atoms with Crippen LogP contribution < -0.4 is 23.0 Å². The topological polar surface area (TPSA) is 70.1 Å². The van der Waals surface area contributed by atoms with Crippen LogP contribution in [0, 0.1) is 0 Å². The lowest BCUT2D eigenvalue weighted by atomic mass is 10.2. The Labute approximate surface area is 141 Å². The SMILES string of the molecule is OCCNc1nc(NCc2ccccc2)c2ccccc2n1.[Cl-]. The molecule has 0 unspecified atom stereocenters. The molecule has 0 fully saturated rings. The van der Waals surface area contributed by atoms with Crippen molar-refractivity contribution in [3.8, 4) is 0 Å². The van der Waals surface area contributed by atoms with Crippen LogP contribution in [0.25, 0.3) is 10.9 Å². The quantitative estimate of drug-likeness (QED) is 0.577. The molecule has 2 aromatic carbocycles. The molecule has 0 aliphatic heterocycles. The molecule has 0 aliphatic rings. The highest BCUT2D eigenvalue weighted by Gasteiger charge is 2.07. The highest BCUT2D eigenvalue weighted by molar-refractivity contribution is 5.89. The van der Waals surface area contributed by atoms with Gasteiger partial charge in [0.1, 0.15) is 5.82 Å². The van der Waals surface area contributed by atoms with Crippen molar-refractivity contribution in [2.75, 3.05) is 23.8 Å². The molecule has 6 heteroatoms. The Morgan fingerprint density at radius 1 is 0.870 bits per heavy atom. The van der Waals surface area contributed by atoms with Crippen LogP contribution in [0.3, 0.4) is 0 Å². The molecular weight excluding hydrogens is 312 g/mol. The molecule has 1 heterocycles. The summed E-state index contributed by atoms with van der Waals surface area (Å²) in [5.41, 5.74) is 2.06. The molecule has 0 saturated carbocycles. The van der Waals surface area contributed by atoms with E-state index in [2.05, 4.69) is 32.7 Å². The maximum atomic E-state index is 8.93. The second-order valence-corrected chi connectivity index (χ2v) is 4.90. The molecular formula is C17H18ClN4O-. The third kappa shape index (κ3) is 4.31. The van der Waals surface area contributed by atoms with Gasteiger partial charge in [-0.05, 0) is 17.7 Å². The summed E-state index contributed by atoms with van der Waals surface area (Å²) in [6.07, 6.45) is 0. The third-order valence-electron chi connectivity index (χ3n) is 3.30. The van der Waals surface area contributed by atoms with E-state index in [-0.39, 0.29) is 19.0 Å². The first-order chi connectivity index (χ1) is 10.9. The van der Waals surface area contributed by atoms with Crippen LogP contribution in [-0.2, 0) is 6.54 Å². The van der Waals surface area contributed by atoms with Crippen molar-refractivity contribution in [2.45, 2.75) is 6.54 Å². The molecule has 0 bridgehead atoms. The Hall–Kier alpha value is -2.37. The van der Waals surface area contributed by atoms with Crippen molar-refractivity contribution in [1.29, 1.82) is 0 Å². The Morgan fingerprint density at radius 3 is 2.39 bits per heavy atom. The van der Waals surface area contributed by atoms with Gasteiger partial charge in [-0.25, -0.2) is 4.98 Å². The first-order valence-corrected chi connectivity index (χ1v) is 7.26. The second kappa shape index (κ2) is 8.31. The molecule has 0 aliphatic carbocycles. The van der Waals surface area contributed by atoms with Gasteiger partial charge in [0, 0.05) is 18.5 Å². The lowest BCUT2D eigenvalue weighted by molar-refractivity contribution is -0.00000556. The molecule has 5 nitrogen and oxygen atoms in total. The van der Waals surface area contributed by atoms with E-state index in [0.29, 0.717) is 19.0 Å². The second-order valence-electron chi connectivity index (χ2n) is 4.90. The molecule has 0 radical (unpaired) electrons. The summed E-state index contributed by atoms with van der Waals surface area (Å²) in [5, 5.41) is 16.3. The smallest absolute Gasteiger partial charge is 0.225 e. The Kier molecular flexibility index (Phi) is 6.14. The maximum Gasteiger partial charge on any atom is 0.225 e. The minimum atomic E-state index is 0. The number of para-hydroxylation sites is 1. The number of fused-ring (bicyclic) bond motifs is 1. The maximum absolute atomic E-state index is 8.93. The third-order valence-corrected chi connectivity index (χ3v) is 3.30. The molecule has 0 atom stereocenters.